The summed E-state index contributed by atoms with van der Waals surface area (Å²) in [6, 6.07) is 6.05. The molecular weight excluding hydrogens is 516 g/mol. The van der Waals surface area contributed by atoms with Crippen molar-refractivity contribution < 1.29 is 27.1 Å². The third kappa shape index (κ3) is 4.75. The number of ether oxygens (including phenoxy) is 1. The average Bonchev–Trinajstić information content (AvgIpc) is 3.30. The average molecular weight is 539 g/mol. The predicted molar refractivity (Wildman–Crippen MR) is 133 cm³/mol. The van der Waals surface area contributed by atoms with Gasteiger partial charge in [-0.3, -0.25) is 9.47 Å². The van der Waals surface area contributed by atoms with E-state index in [1.54, 1.807) is 11.0 Å². The number of hydrogen-bond acceptors (Lipinski definition) is 6. The molecule has 200 valence electrons. The molecule has 39 heavy (non-hydrogen) atoms. The number of hydrogen-bond donors (Lipinski definition) is 1. The van der Waals surface area contributed by atoms with Crippen LogP contribution >= 0.6 is 0 Å². The van der Waals surface area contributed by atoms with Crippen molar-refractivity contribution in [3.63, 3.8) is 0 Å². The van der Waals surface area contributed by atoms with E-state index in [1.807, 2.05) is 11.0 Å². The van der Waals surface area contributed by atoms with Crippen LogP contribution in [0.15, 0.2) is 36.8 Å². The van der Waals surface area contributed by atoms with Crippen LogP contribution in [-0.4, -0.2) is 57.7 Å². The molecule has 3 aromatic rings. The maximum Gasteiger partial charge on any atom is 0.417 e. The normalized spacial score (nSPS) is 17.1. The zero-order valence-corrected chi connectivity index (χ0v) is 20.7. The van der Waals surface area contributed by atoms with Gasteiger partial charge in [0.15, 0.2) is 17.3 Å². The lowest BCUT2D eigenvalue weighted by Gasteiger charge is -2.39. The fourth-order valence-electron chi connectivity index (χ4n) is 5.00. The summed E-state index contributed by atoms with van der Waals surface area (Å²) in [5, 5.41) is 8.98. The molecule has 2 aliphatic rings. The number of rotatable bonds is 1. The molecule has 12 heteroatoms. The van der Waals surface area contributed by atoms with Crippen LogP contribution in [0.1, 0.15) is 29.3 Å². The van der Waals surface area contributed by atoms with Gasteiger partial charge in [0.2, 0.25) is 0 Å². The van der Waals surface area contributed by atoms with E-state index in [-0.39, 0.29) is 60.0 Å². The molecule has 2 aliphatic heterocycles. The summed E-state index contributed by atoms with van der Waals surface area (Å²) in [7, 11) is 0. The van der Waals surface area contributed by atoms with Crippen LogP contribution in [0.25, 0.3) is 11.1 Å². The summed E-state index contributed by atoms with van der Waals surface area (Å²) >= 11 is 0. The summed E-state index contributed by atoms with van der Waals surface area (Å²) in [5.41, 5.74) is 4.43. The number of imidazole rings is 1. The van der Waals surface area contributed by atoms with Crippen LogP contribution in [0.2, 0.25) is 0 Å². The molecule has 0 radical (unpaired) electrons. The first-order chi connectivity index (χ1) is 18.6. The molecule has 0 unspecified atom stereocenters. The van der Waals surface area contributed by atoms with Crippen molar-refractivity contribution in [2.75, 3.05) is 32.0 Å². The third-order valence-corrected chi connectivity index (χ3v) is 6.80. The van der Waals surface area contributed by atoms with Crippen LogP contribution < -0.4 is 10.5 Å². The summed E-state index contributed by atoms with van der Waals surface area (Å²) in [5.74, 6) is 4.26. The number of halogens is 4. The Morgan fingerprint density at radius 1 is 1.26 bits per heavy atom. The van der Waals surface area contributed by atoms with E-state index in [1.165, 1.54) is 36.1 Å². The Morgan fingerprint density at radius 2 is 2.05 bits per heavy atom. The molecule has 1 saturated heterocycles. The fourth-order valence-corrected chi connectivity index (χ4v) is 5.00. The molecule has 2 N–H and O–H groups in total. The topological polar surface area (TPSA) is 100 Å². The molecule has 0 saturated carbocycles. The number of nitriles is 1. The van der Waals surface area contributed by atoms with Crippen LogP contribution in [0, 0.1) is 29.0 Å². The molecule has 1 amide bonds. The van der Waals surface area contributed by atoms with Gasteiger partial charge in [-0.05, 0) is 25.1 Å². The van der Waals surface area contributed by atoms with E-state index in [9.17, 15) is 18.0 Å². The zero-order chi connectivity index (χ0) is 27.9. The lowest BCUT2D eigenvalue weighted by atomic mass is 9.91. The number of carbonyl (C=O) groups excluding carboxylic acids is 1. The van der Waals surface area contributed by atoms with Crippen molar-refractivity contribution in [1.82, 2.24) is 19.4 Å². The molecule has 1 fully saturated rings. The quantitative estimate of drug-likeness (QED) is 0.285. The molecular formula is C27H22F4N6O2. The molecule has 0 aliphatic carbocycles. The first kappa shape index (κ1) is 26.1. The van der Waals surface area contributed by atoms with Crippen molar-refractivity contribution in [3.05, 3.63) is 65.0 Å². The van der Waals surface area contributed by atoms with Crippen molar-refractivity contribution >= 4 is 11.7 Å². The Kier molecular flexibility index (Phi) is 6.66. The molecule has 0 spiro atoms. The van der Waals surface area contributed by atoms with E-state index in [4.69, 9.17) is 15.7 Å². The zero-order valence-electron chi connectivity index (χ0n) is 20.7. The molecule has 2 aromatic carbocycles. The summed E-state index contributed by atoms with van der Waals surface area (Å²) in [6.45, 7) is 2.82. The van der Waals surface area contributed by atoms with Gasteiger partial charge in [-0.2, -0.15) is 18.4 Å². The van der Waals surface area contributed by atoms with Crippen molar-refractivity contribution in [2.24, 2.45) is 0 Å². The maximum absolute atomic E-state index is 16.2. The molecule has 1 atom stereocenters. The Balaban J connectivity index is 1.51. The number of anilines is 1. The van der Waals surface area contributed by atoms with E-state index < -0.39 is 23.1 Å². The second-order valence-electron chi connectivity index (χ2n) is 9.19. The van der Waals surface area contributed by atoms with E-state index in [0.717, 1.165) is 6.07 Å². The highest BCUT2D eigenvalue weighted by Gasteiger charge is 2.38. The van der Waals surface area contributed by atoms with Gasteiger partial charge < -0.3 is 15.4 Å². The molecule has 5 rings (SSSR count). The highest BCUT2D eigenvalue weighted by molar-refractivity contribution is 5.85. The third-order valence-electron chi connectivity index (χ3n) is 6.80. The van der Waals surface area contributed by atoms with Gasteiger partial charge in [0.25, 0.3) is 0 Å². The smallest absolute Gasteiger partial charge is 0.417 e. The number of nitrogen functional groups attached to an aromatic ring is 1. The highest BCUT2D eigenvalue weighted by atomic mass is 19.4. The molecule has 8 nitrogen and oxygen atoms in total. The van der Waals surface area contributed by atoms with E-state index >= 15 is 4.39 Å². The summed E-state index contributed by atoms with van der Waals surface area (Å²) in [4.78, 5) is 20.4. The number of aromatic nitrogens is 2. The van der Waals surface area contributed by atoms with E-state index in [0.29, 0.717) is 18.7 Å². The van der Waals surface area contributed by atoms with Gasteiger partial charge in [-0.15, -0.1) is 5.92 Å². The largest absolute Gasteiger partial charge is 0.488 e. The lowest BCUT2D eigenvalue weighted by Crippen LogP contribution is -2.56. The first-order valence-corrected chi connectivity index (χ1v) is 12.0. The van der Waals surface area contributed by atoms with Crippen LogP contribution in [0.3, 0.4) is 0 Å². The van der Waals surface area contributed by atoms with E-state index in [2.05, 4.69) is 16.8 Å². The number of alkyl halides is 3. The maximum atomic E-state index is 16.2. The predicted octanol–water partition coefficient (Wildman–Crippen LogP) is 4.08. The monoisotopic (exact) mass is 538 g/mol. The van der Waals surface area contributed by atoms with Gasteiger partial charge >= 0.3 is 12.2 Å². The number of nitrogens with two attached hydrogens (primary N) is 1. The number of piperazine rings is 1. The SMILES string of the molecule is CC#Cc1cc2c(c(F)c1-c1c(N)cccc1C(F)(F)F)OC[C@H]1CN(C(=O)n3cnc(C#N)c3)CCN1C2. The number of benzene rings is 2. The Bertz CT molecular complexity index is 1560. The lowest BCUT2D eigenvalue weighted by molar-refractivity contribution is -0.137. The van der Waals surface area contributed by atoms with Gasteiger partial charge in [-0.25, -0.2) is 14.2 Å². The minimum absolute atomic E-state index is 0.00425. The second kappa shape index (κ2) is 9.97. The van der Waals surface area contributed by atoms with Gasteiger partial charge in [0, 0.05) is 54.1 Å². The molecule has 1 aromatic heterocycles. The number of amides is 1. The van der Waals surface area contributed by atoms with Crippen LogP contribution in [0.4, 0.5) is 28.0 Å². The summed E-state index contributed by atoms with van der Waals surface area (Å²) in [6.07, 6.45) is -2.17. The molecule has 3 heterocycles. The molecule has 0 bridgehead atoms. The van der Waals surface area contributed by atoms with Crippen molar-refractivity contribution in [2.45, 2.75) is 25.7 Å². The Hall–Kier alpha value is -4.55. The first-order valence-electron chi connectivity index (χ1n) is 12.0. The van der Waals surface area contributed by atoms with Crippen molar-refractivity contribution in [1.29, 1.82) is 5.26 Å². The highest BCUT2D eigenvalue weighted by Crippen LogP contribution is 2.45. The Morgan fingerprint density at radius 3 is 2.74 bits per heavy atom. The standard InChI is InChI=1S/C27H22F4N6O2/c1-2-4-16-9-17-11-35-7-8-36(26(38)37-12-18(10-32)34-15-37)13-19(35)14-39-25(17)24(28)22(16)23-20(27(29,30)31)5-3-6-21(23)33/h3,5-6,9,12,15,19H,7-8,11,13-14,33H2,1H3/t19-/m1/s1. The fraction of sp³-hybridized carbons (Fsp3) is 0.296. The number of fused-ring (bicyclic) bond motifs is 2. The van der Waals surface area contributed by atoms with Crippen LogP contribution in [0.5, 0.6) is 5.75 Å². The van der Waals surface area contributed by atoms with Gasteiger partial charge in [0.1, 0.15) is 19.0 Å². The second-order valence-corrected chi connectivity index (χ2v) is 9.19. The number of nitrogens with zero attached hydrogens (tertiary/aromatic N) is 5. The van der Waals surface area contributed by atoms with Crippen molar-refractivity contribution in [3.8, 4) is 34.8 Å². The number of carbonyl (C=O) groups is 1. The van der Waals surface area contributed by atoms with Crippen LogP contribution in [-0.2, 0) is 12.7 Å². The summed E-state index contributed by atoms with van der Waals surface area (Å²) < 4.78 is 65.0. The van der Waals surface area contributed by atoms with Gasteiger partial charge in [-0.1, -0.05) is 12.0 Å². The van der Waals surface area contributed by atoms with Gasteiger partial charge in [0.05, 0.1) is 17.8 Å². The minimum atomic E-state index is -4.78. The minimum Gasteiger partial charge on any atom is -0.488 e. The Labute approximate surface area is 221 Å².